The molecule has 1 fully saturated rings. The molecule has 0 spiro atoms. The largest absolute Gasteiger partial charge is 0.411 e. The van der Waals surface area contributed by atoms with E-state index in [1.54, 1.807) is 19.8 Å². The third-order valence-electron chi connectivity index (χ3n) is 9.41. The van der Waals surface area contributed by atoms with Crippen molar-refractivity contribution in [2.75, 3.05) is 27.4 Å². The van der Waals surface area contributed by atoms with Gasteiger partial charge in [-0.05, 0) is 71.3 Å². The van der Waals surface area contributed by atoms with Gasteiger partial charge in [-0.15, -0.1) is 0 Å². The molecule has 1 aromatic carbocycles. The standard InChI is InChI=1S/C30H41NO4/c1-6-27-25-13-11-22-15-23(32)12-14-24(22)28(25)26(21-9-7-20(8-10-21)17-31-33)16-30(27,3)29(2,18-34-4)19-35-5/h7-10,15,17,25-27,33H,6,11-14,16,18-19H2,1-5H3/b31-17+/t25-,26?,27?,30-/m0/s1. The highest BCUT2D eigenvalue weighted by atomic mass is 16.5. The van der Waals surface area contributed by atoms with Crippen LogP contribution in [-0.2, 0) is 14.3 Å². The number of benzene rings is 1. The first-order valence-electron chi connectivity index (χ1n) is 13.0. The van der Waals surface area contributed by atoms with Crippen molar-refractivity contribution in [3.05, 3.63) is 58.2 Å². The lowest BCUT2D eigenvalue weighted by Gasteiger charge is -2.60. The Morgan fingerprint density at radius 2 is 1.83 bits per heavy atom. The number of methoxy groups -OCH3 is 2. The van der Waals surface area contributed by atoms with Gasteiger partial charge in [0.2, 0.25) is 0 Å². The molecule has 3 aliphatic carbocycles. The van der Waals surface area contributed by atoms with Gasteiger partial charge in [0.1, 0.15) is 0 Å². The van der Waals surface area contributed by atoms with Crippen molar-refractivity contribution in [3.63, 3.8) is 0 Å². The summed E-state index contributed by atoms with van der Waals surface area (Å²) < 4.78 is 11.6. The van der Waals surface area contributed by atoms with E-state index in [2.05, 4.69) is 38.1 Å². The Balaban J connectivity index is 1.90. The van der Waals surface area contributed by atoms with Crippen molar-refractivity contribution in [1.29, 1.82) is 0 Å². The second-order valence-corrected chi connectivity index (χ2v) is 11.2. The summed E-state index contributed by atoms with van der Waals surface area (Å²) in [7, 11) is 3.59. The van der Waals surface area contributed by atoms with Crippen LogP contribution in [0.1, 0.15) is 76.3 Å². The summed E-state index contributed by atoms with van der Waals surface area (Å²) in [5, 5.41) is 12.2. The Morgan fingerprint density at radius 1 is 1.14 bits per heavy atom. The molecule has 0 amide bonds. The monoisotopic (exact) mass is 479 g/mol. The summed E-state index contributed by atoms with van der Waals surface area (Å²) in [4.78, 5) is 12.3. The lowest BCUT2D eigenvalue weighted by atomic mass is 9.45. The van der Waals surface area contributed by atoms with Gasteiger partial charge in [0, 0.05) is 32.0 Å². The van der Waals surface area contributed by atoms with Crippen LogP contribution in [0, 0.1) is 22.7 Å². The summed E-state index contributed by atoms with van der Waals surface area (Å²) in [5.41, 5.74) is 6.34. The first kappa shape index (κ1) is 25.8. The highest BCUT2D eigenvalue weighted by Gasteiger charge is 2.57. The first-order valence-corrected chi connectivity index (χ1v) is 13.0. The molecule has 3 aliphatic rings. The minimum absolute atomic E-state index is 0.00406. The zero-order valence-electron chi connectivity index (χ0n) is 22.0. The van der Waals surface area contributed by atoms with E-state index in [4.69, 9.17) is 14.7 Å². The third kappa shape index (κ3) is 4.53. The van der Waals surface area contributed by atoms with Crippen LogP contribution in [-0.4, -0.2) is 44.6 Å². The van der Waals surface area contributed by atoms with Crippen molar-refractivity contribution >= 4 is 12.0 Å². The number of nitrogens with zero attached hydrogens (tertiary/aromatic N) is 1. The molecule has 0 saturated heterocycles. The molecule has 0 heterocycles. The number of hydrogen-bond donors (Lipinski definition) is 1. The zero-order chi connectivity index (χ0) is 25.2. The van der Waals surface area contributed by atoms with Gasteiger partial charge < -0.3 is 14.7 Å². The van der Waals surface area contributed by atoms with Gasteiger partial charge in [-0.25, -0.2) is 0 Å². The molecule has 1 saturated carbocycles. The van der Waals surface area contributed by atoms with Gasteiger partial charge >= 0.3 is 0 Å². The van der Waals surface area contributed by atoms with E-state index in [1.165, 1.54) is 22.9 Å². The maximum absolute atomic E-state index is 12.3. The highest BCUT2D eigenvalue weighted by Crippen LogP contribution is 2.64. The van der Waals surface area contributed by atoms with Crippen LogP contribution in [0.15, 0.2) is 52.2 Å². The van der Waals surface area contributed by atoms with E-state index in [-0.39, 0.29) is 22.5 Å². The van der Waals surface area contributed by atoms with E-state index in [0.717, 1.165) is 37.7 Å². The van der Waals surface area contributed by atoms with Crippen LogP contribution in [0.2, 0.25) is 0 Å². The van der Waals surface area contributed by atoms with Crippen LogP contribution in [0.4, 0.5) is 0 Å². The van der Waals surface area contributed by atoms with Crippen molar-refractivity contribution in [1.82, 2.24) is 0 Å². The minimum Gasteiger partial charge on any atom is -0.411 e. The molecule has 0 aromatic heterocycles. The second-order valence-electron chi connectivity index (χ2n) is 11.2. The van der Waals surface area contributed by atoms with Crippen molar-refractivity contribution in [2.24, 2.45) is 27.8 Å². The summed E-state index contributed by atoms with van der Waals surface area (Å²) in [6, 6.07) is 8.45. The first-order chi connectivity index (χ1) is 16.8. The minimum atomic E-state index is -0.131. The molecule has 4 rings (SSSR count). The number of fused-ring (bicyclic) bond motifs is 2. The maximum Gasteiger partial charge on any atom is 0.156 e. The fourth-order valence-electron chi connectivity index (χ4n) is 7.64. The van der Waals surface area contributed by atoms with Crippen LogP contribution in [0.5, 0.6) is 0 Å². The topological polar surface area (TPSA) is 68.1 Å². The molecular weight excluding hydrogens is 438 g/mol. The Bertz CT molecular complexity index is 1020. The lowest BCUT2D eigenvalue weighted by Crippen LogP contribution is -2.55. The molecule has 5 nitrogen and oxygen atoms in total. The van der Waals surface area contributed by atoms with Crippen LogP contribution < -0.4 is 0 Å². The Morgan fingerprint density at radius 3 is 2.43 bits per heavy atom. The number of allylic oxidation sites excluding steroid dienone is 4. The average Bonchev–Trinajstić information content (AvgIpc) is 2.84. The number of carbonyl (C=O) groups is 1. The van der Waals surface area contributed by atoms with Crippen LogP contribution in [0.3, 0.4) is 0 Å². The molecule has 5 heteroatoms. The maximum atomic E-state index is 12.3. The quantitative estimate of drug-likeness (QED) is 0.269. The summed E-state index contributed by atoms with van der Waals surface area (Å²) in [5.74, 6) is 1.53. The Hall–Kier alpha value is -2.24. The highest BCUT2D eigenvalue weighted by molar-refractivity contribution is 5.93. The molecule has 1 aromatic rings. The molecular formula is C30H41NO4. The predicted octanol–water partition coefficient (Wildman–Crippen LogP) is 6.31. The van der Waals surface area contributed by atoms with E-state index in [9.17, 15) is 4.79 Å². The Labute approximate surface area is 210 Å². The lowest BCUT2D eigenvalue weighted by molar-refractivity contribution is -0.119. The number of hydrogen-bond acceptors (Lipinski definition) is 5. The van der Waals surface area contributed by atoms with Gasteiger partial charge in [-0.3, -0.25) is 4.79 Å². The second kappa shape index (κ2) is 10.4. The van der Waals surface area contributed by atoms with Crippen LogP contribution >= 0.6 is 0 Å². The van der Waals surface area contributed by atoms with Gasteiger partial charge in [-0.2, -0.15) is 0 Å². The van der Waals surface area contributed by atoms with Crippen molar-refractivity contribution in [2.45, 2.75) is 65.2 Å². The summed E-state index contributed by atoms with van der Waals surface area (Å²) in [6.45, 7) is 8.46. The summed E-state index contributed by atoms with van der Waals surface area (Å²) >= 11 is 0. The molecule has 190 valence electrons. The number of carbonyl (C=O) groups excluding carboxylic acids is 1. The molecule has 0 bridgehead atoms. The third-order valence-corrected chi connectivity index (χ3v) is 9.41. The van der Waals surface area contributed by atoms with E-state index in [0.29, 0.717) is 31.5 Å². The SMILES string of the molecule is CCC1[C@@H]2CCC3=CC(=O)CCC3=C2C(c2ccc(/C=N/O)cc2)C[C@]1(C)C(C)(COC)COC. The predicted molar refractivity (Wildman–Crippen MR) is 139 cm³/mol. The molecule has 1 N–H and O–H groups in total. The molecule has 4 atom stereocenters. The zero-order valence-corrected chi connectivity index (χ0v) is 22.0. The van der Waals surface area contributed by atoms with Gasteiger partial charge in [-0.1, -0.05) is 62.2 Å². The normalized spacial score (nSPS) is 29.2. The van der Waals surface area contributed by atoms with Gasteiger partial charge in [0.05, 0.1) is 19.4 Å². The fourth-order valence-corrected chi connectivity index (χ4v) is 7.64. The number of ether oxygens (including phenoxy) is 2. The molecule has 0 aliphatic heterocycles. The fraction of sp³-hybridized carbons (Fsp3) is 0.600. The summed E-state index contributed by atoms with van der Waals surface area (Å²) in [6.07, 6.45) is 9.08. The van der Waals surface area contributed by atoms with E-state index >= 15 is 0 Å². The number of ketones is 1. The van der Waals surface area contributed by atoms with Gasteiger partial charge in [0.25, 0.3) is 0 Å². The molecule has 2 unspecified atom stereocenters. The smallest absolute Gasteiger partial charge is 0.156 e. The van der Waals surface area contributed by atoms with Gasteiger partial charge in [0.15, 0.2) is 5.78 Å². The van der Waals surface area contributed by atoms with Crippen LogP contribution in [0.25, 0.3) is 0 Å². The van der Waals surface area contributed by atoms with Crippen molar-refractivity contribution < 1.29 is 19.5 Å². The number of oxime groups is 1. The molecule has 35 heavy (non-hydrogen) atoms. The van der Waals surface area contributed by atoms with Crippen molar-refractivity contribution in [3.8, 4) is 0 Å². The van der Waals surface area contributed by atoms with E-state index < -0.39 is 0 Å². The number of rotatable bonds is 8. The average molecular weight is 480 g/mol. The van der Waals surface area contributed by atoms with E-state index in [1.807, 2.05) is 18.2 Å². The molecule has 0 radical (unpaired) electrons. The Kier molecular flexibility index (Phi) is 7.68.